The second kappa shape index (κ2) is 5.96. The molecule has 0 bridgehead atoms. The summed E-state index contributed by atoms with van der Waals surface area (Å²) in [5.41, 5.74) is 0.793. The van der Waals surface area contributed by atoms with Crippen LogP contribution in [0.4, 0.5) is 18.9 Å². The van der Waals surface area contributed by atoms with E-state index in [0.717, 1.165) is 17.7 Å². The molecule has 2 aromatic rings. The van der Waals surface area contributed by atoms with Crippen molar-refractivity contribution in [2.45, 2.75) is 6.54 Å². The maximum absolute atomic E-state index is 13.6. The minimum atomic E-state index is -0.563. The molecule has 0 heterocycles. The molecule has 0 aliphatic rings. The summed E-state index contributed by atoms with van der Waals surface area (Å²) in [7, 11) is 0. The summed E-state index contributed by atoms with van der Waals surface area (Å²) >= 11 is 6.11. The van der Waals surface area contributed by atoms with E-state index in [-0.39, 0.29) is 22.5 Å². The van der Waals surface area contributed by atoms with Gasteiger partial charge in [0.1, 0.15) is 17.5 Å². The van der Waals surface area contributed by atoms with Gasteiger partial charge in [-0.15, -0.1) is 0 Å². The van der Waals surface area contributed by atoms with E-state index in [2.05, 4.69) is 37.2 Å². The highest BCUT2D eigenvalue weighted by Gasteiger charge is 2.09. The SMILES string of the molecule is Fc1ccc(CNc2cc(F)c(Br)cc2F)c(Br)c1. The second-order valence-corrected chi connectivity index (χ2v) is 5.54. The molecule has 0 spiro atoms. The molecule has 19 heavy (non-hydrogen) atoms. The van der Waals surface area contributed by atoms with E-state index in [1.165, 1.54) is 12.1 Å². The van der Waals surface area contributed by atoms with E-state index >= 15 is 0 Å². The van der Waals surface area contributed by atoms with E-state index < -0.39 is 11.6 Å². The molecular weight excluding hydrogens is 387 g/mol. The normalized spacial score (nSPS) is 10.6. The van der Waals surface area contributed by atoms with E-state index in [1.807, 2.05) is 0 Å². The molecule has 0 saturated carbocycles. The summed E-state index contributed by atoms with van der Waals surface area (Å²) in [6.45, 7) is 0.249. The third-order valence-electron chi connectivity index (χ3n) is 2.49. The Balaban J connectivity index is 2.16. The lowest BCUT2D eigenvalue weighted by Crippen LogP contribution is -2.03. The molecule has 2 aromatic carbocycles. The zero-order chi connectivity index (χ0) is 14.0. The zero-order valence-corrected chi connectivity index (χ0v) is 12.7. The standard InChI is InChI=1S/C13H8Br2F3N/c14-9-3-8(16)2-1-7(9)6-19-13-5-11(17)10(15)4-12(13)18/h1-5,19H,6H2. The molecule has 1 N–H and O–H groups in total. The highest BCUT2D eigenvalue weighted by atomic mass is 79.9. The van der Waals surface area contributed by atoms with Crippen LogP contribution in [-0.4, -0.2) is 0 Å². The largest absolute Gasteiger partial charge is 0.378 e. The molecule has 2 rings (SSSR count). The van der Waals surface area contributed by atoms with Crippen molar-refractivity contribution in [2.75, 3.05) is 5.32 Å². The first kappa shape index (κ1) is 14.4. The van der Waals surface area contributed by atoms with Crippen LogP contribution in [0.1, 0.15) is 5.56 Å². The highest BCUT2D eigenvalue weighted by molar-refractivity contribution is 9.10. The summed E-state index contributed by atoms with van der Waals surface area (Å²) in [5, 5.41) is 2.77. The first-order valence-electron chi connectivity index (χ1n) is 5.29. The number of nitrogens with one attached hydrogen (secondary N) is 1. The maximum Gasteiger partial charge on any atom is 0.147 e. The zero-order valence-electron chi connectivity index (χ0n) is 9.48. The van der Waals surface area contributed by atoms with E-state index in [4.69, 9.17) is 0 Å². The summed E-state index contributed by atoms with van der Waals surface area (Å²) < 4.78 is 40.4. The number of hydrogen-bond acceptors (Lipinski definition) is 1. The number of benzene rings is 2. The predicted molar refractivity (Wildman–Crippen MR) is 75.5 cm³/mol. The lowest BCUT2D eigenvalue weighted by Gasteiger charge is -2.10. The Kier molecular flexibility index (Phi) is 4.52. The van der Waals surface area contributed by atoms with Crippen molar-refractivity contribution in [3.05, 3.63) is 62.3 Å². The summed E-state index contributed by atoms with van der Waals surface area (Å²) in [4.78, 5) is 0. The van der Waals surface area contributed by atoms with Gasteiger partial charge in [-0.2, -0.15) is 0 Å². The fourth-order valence-electron chi connectivity index (χ4n) is 1.51. The van der Waals surface area contributed by atoms with Crippen LogP contribution in [0.25, 0.3) is 0 Å². The molecule has 0 saturated heterocycles. The molecule has 0 radical (unpaired) electrons. The van der Waals surface area contributed by atoms with Crippen LogP contribution in [0.3, 0.4) is 0 Å². The average Bonchev–Trinajstić information content (AvgIpc) is 2.34. The lowest BCUT2D eigenvalue weighted by atomic mass is 10.2. The Morgan fingerprint density at radius 1 is 0.895 bits per heavy atom. The quantitative estimate of drug-likeness (QED) is 0.702. The number of halogens is 5. The molecule has 6 heteroatoms. The van der Waals surface area contributed by atoms with Gasteiger partial charge in [0.15, 0.2) is 0 Å². The van der Waals surface area contributed by atoms with Gasteiger partial charge in [0.05, 0.1) is 10.2 Å². The first-order valence-corrected chi connectivity index (χ1v) is 6.88. The Morgan fingerprint density at radius 3 is 2.32 bits per heavy atom. The maximum atomic E-state index is 13.6. The topological polar surface area (TPSA) is 12.0 Å². The Bertz CT molecular complexity index is 617. The van der Waals surface area contributed by atoms with Crippen LogP contribution in [0.5, 0.6) is 0 Å². The number of hydrogen-bond donors (Lipinski definition) is 1. The summed E-state index contributed by atoms with van der Waals surface area (Å²) in [6.07, 6.45) is 0. The highest BCUT2D eigenvalue weighted by Crippen LogP contribution is 2.25. The van der Waals surface area contributed by atoms with Crippen LogP contribution in [-0.2, 0) is 6.54 Å². The van der Waals surface area contributed by atoms with E-state index in [1.54, 1.807) is 6.07 Å². The first-order chi connectivity index (χ1) is 8.97. The minimum Gasteiger partial charge on any atom is -0.378 e. The summed E-state index contributed by atoms with van der Waals surface area (Å²) in [5.74, 6) is -1.48. The van der Waals surface area contributed by atoms with Gasteiger partial charge in [-0.25, -0.2) is 13.2 Å². The van der Waals surface area contributed by atoms with Gasteiger partial charge in [0, 0.05) is 17.1 Å². The van der Waals surface area contributed by atoms with Gasteiger partial charge >= 0.3 is 0 Å². The molecule has 0 aliphatic heterocycles. The number of rotatable bonds is 3. The van der Waals surface area contributed by atoms with Crippen molar-refractivity contribution in [3.8, 4) is 0 Å². The summed E-state index contributed by atoms with van der Waals surface area (Å²) in [6, 6.07) is 6.31. The molecular formula is C13H8Br2F3N. The second-order valence-electron chi connectivity index (χ2n) is 3.84. The fourth-order valence-corrected chi connectivity index (χ4v) is 2.32. The van der Waals surface area contributed by atoms with Crippen molar-refractivity contribution in [1.29, 1.82) is 0 Å². The molecule has 0 amide bonds. The van der Waals surface area contributed by atoms with Gasteiger partial charge in [-0.1, -0.05) is 22.0 Å². The third kappa shape index (κ3) is 3.51. The van der Waals surface area contributed by atoms with Gasteiger partial charge in [-0.3, -0.25) is 0 Å². The van der Waals surface area contributed by atoms with Crippen LogP contribution < -0.4 is 5.32 Å². The van der Waals surface area contributed by atoms with Crippen LogP contribution >= 0.6 is 31.9 Å². The van der Waals surface area contributed by atoms with Gasteiger partial charge < -0.3 is 5.32 Å². The van der Waals surface area contributed by atoms with Crippen LogP contribution in [0.15, 0.2) is 39.3 Å². The van der Waals surface area contributed by atoms with Crippen molar-refractivity contribution in [3.63, 3.8) is 0 Å². The Hall–Kier alpha value is -1.01. The lowest BCUT2D eigenvalue weighted by molar-refractivity contribution is 0.596. The van der Waals surface area contributed by atoms with Gasteiger partial charge in [0.2, 0.25) is 0 Å². The molecule has 0 aliphatic carbocycles. The van der Waals surface area contributed by atoms with Crippen LogP contribution in [0, 0.1) is 17.5 Å². The van der Waals surface area contributed by atoms with E-state index in [9.17, 15) is 13.2 Å². The van der Waals surface area contributed by atoms with Crippen molar-refractivity contribution < 1.29 is 13.2 Å². The number of anilines is 1. The fraction of sp³-hybridized carbons (Fsp3) is 0.0769. The molecule has 100 valence electrons. The van der Waals surface area contributed by atoms with Crippen molar-refractivity contribution in [2.24, 2.45) is 0 Å². The van der Waals surface area contributed by atoms with Crippen molar-refractivity contribution in [1.82, 2.24) is 0 Å². The van der Waals surface area contributed by atoms with Gasteiger partial charge in [0.25, 0.3) is 0 Å². The van der Waals surface area contributed by atoms with Crippen molar-refractivity contribution >= 4 is 37.5 Å². The smallest absolute Gasteiger partial charge is 0.147 e. The molecule has 0 fully saturated rings. The molecule has 1 nitrogen and oxygen atoms in total. The third-order valence-corrected chi connectivity index (χ3v) is 3.84. The van der Waals surface area contributed by atoms with Crippen LogP contribution in [0.2, 0.25) is 0 Å². The Labute approximate surface area is 125 Å². The monoisotopic (exact) mass is 393 g/mol. The Morgan fingerprint density at radius 2 is 1.63 bits per heavy atom. The van der Waals surface area contributed by atoms with Gasteiger partial charge in [-0.05, 0) is 39.7 Å². The molecule has 0 unspecified atom stereocenters. The van der Waals surface area contributed by atoms with E-state index in [0.29, 0.717) is 4.47 Å². The minimum absolute atomic E-state index is 0.0527. The molecule has 0 aromatic heterocycles. The average molecular weight is 395 g/mol. The predicted octanol–water partition coefficient (Wildman–Crippen LogP) is 5.24. The molecule has 0 atom stereocenters.